The summed E-state index contributed by atoms with van der Waals surface area (Å²) in [5.74, 6) is -1.40. The number of aromatic nitrogens is 4. The lowest BCUT2D eigenvalue weighted by Gasteiger charge is -2.46. The minimum atomic E-state index is -0.824. The molecule has 1 N–H and O–H groups in total. The Morgan fingerprint density at radius 3 is 2.53 bits per heavy atom. The second-order valence-corrected chi connectivity index (χ2v) is 8.38. The minimum absolute atomic E-state index is 0.0146. The number of nitriles is 1. The first-order valence-electron chi connectivity index (χ1n) is 10.8. The van der Waals surface area contributed by atoms with Gasteiger partial charge in [-0.1, -0.05) is 0 Å². The van der Waals surface area contributed by atoms with E-state index < -0.39 is 11.6 Å². The van der Waals surface area contributed by atoms with Crippen molar-refractivity contribution in [3.8, 4) is 11.9 Å². The van der Waals surface area contributed by atoms with Gasteiger partial charge in [-0.2, -0.15) is 14.6 Å². The molecule has 0 aliphatic carbocycles. The zero-order valence-corrected chi connectivity index (χ0v) is 18.3. The lowest BCUT2D eigenvalue weighted by atomic mass is 9.84. The molecule has 11 heteroatoms. The smallest absolute Gasteiger partial charge is 0.256 e. The van der Waals surface area contributed by atoms with E-state index in [1.165, 1.54) is 12.1 Å². The van der Waals surface area contributed by atoms with Crippen molar-refractivity contribution in [3.63, 3.8) is 0 Å². The highest BCUT2D eigenvalue weighted by Crippen LogP contribution is 2.34. The van der Waals surface area contributed by atoms with Crippen molar-refractivity contribution in [2.45, 2.75) is 13.0 Å². The van der Waals surface area contributed by atoms with Crippen molar-refractivity contribution in [2.75, 3.05) is 36.5 Å². The Balaban J connectivity index is 1.33. The fourth-order valence-electron chi connectivity index (χ4n) is 4.27. The summed E-state index contributed by atoms with van der Waals surface area (Å²) >= 11 is 0. The van der Waals surface area contributed by atoms with Crippen molar-refractivity contribution in [3.05, 3.63) is 59.7 Å². The molecule has 2 aliphatic heterocycles. The molecular formula is C23H21F2N7O2. The van der Waals surface area contributed by atoms with Gasteiger partial charge in [-0.05, 0) is 30.7 Å². The predicted octanol–water partition coefficient (Wildman–Crippen LogP) is 3.00. The third kappa shape index (κ3) is 4.32. The van der Waals surface area contributed by atoms with Gasteiger partial charge in [-0.25, -0.2) is 19.3 Å². The molecule has 2 atom stereocenters. The van der Waals surface area contributed by atoms with E-state index in [4.69, 9.17) is 14.7 Å². The second kappa shape index (κ2) is 9.15. The van der Waals surface area contributed by atoms with Crippen LogP contribution in [0.1, 0.15) is 11.1 Å². The van der Waals surface area contributed by atoms with Crippen LogP contribution in [-0.4, -0.2) is 52.3 Å². The van der Waals surface area contributed by atoms with Crippen molar-refractivity contribution < 1.29 is 18.3 Å². The zero-order chi connectivity index (χ0) is 23.7. The number of hydrogen-bond acceptors (Lipinski definition) is 9. The van der Waals surface area contributed by atoms with E-state index in [0.29, 0.717) is 32.3 Å². The van der Waals surface area contributed by atoms with Crippen LogP contribution in [0.15, 0.2) is 36.9 Å². The van der Waals surface area contributed by atoms with Gasteiger partial charge >= 0.3 is 0 Å². The fraction of sp³-hybridized carbons (Fsp3) is 0.348. The first-order valence-corrected chi connectivity index (χ1v) is 10.8. The van der Waals surface area contributed by atoms with Gasteiger partial charge in [0.15, 0.2) is 5.82 Å². The molecule has 2 saturated heterocycles. The van der Waals surface area contributed by atoms with E-state index in [9.17, 15) is 4.39 Å². The molecule has 9 nitrogen and oxygen atoms in total. The minimum Gasteiger partial charge on any atom is -0.471 e. The second-order valence-electron chi connectivity index (χ2n) is 8.38. The summed E-state index contributed by atoms with van der Waals surface area (Å²) in [4.78, 5) is 18.8. The van der Waals surface area contributed by atoms with E-state index in [2.05, 4.69) is 30.2 Å². The highest BCUT2D eigenvalue weighted by molar-refractivity contribution is 5.59. The molecule has 2 aliphatic rings. The molecule has 1 aromatic carbocycles. The summed E-state index contributed by atoms with van der Waals surface area (Å²) in [5.41, 5.74) is 1.13. The van der Waals surface area contributed by atoms with Crippen LogP contribution in [0.4, 0.5) is 26.2 Å². The van der Waals surface area contributed by atoms with Crippen LogP contribution in [0.2, 0.25) is 0 Å². The summed E-state index contributed by atoms with van der Waals surface area (Å²) in [6.07, 6.45) is 4.39. The van der Waals surface area contributed by atoms with Crippen LogP contribution in [0.25, 0.3) is 0 Å². The lowest BCUT2D eigenvalue weighted by Crippen LogP contribution is -2.58. The van der Waals surface area contributed by atoms with E-state index in [-0.39, 0.29) is 40.9 Å². The zero-order valence-electron chi connectivity index (χ0n) is 18.3. The van der Waals surface area contributed by atoms with Gasteiger partial charge in [0.2, 0.25) is 11.8 Å². The summed E-state index contributed by atoms with van der Waals surface area (Å²) in [6, 6.07) is 5.69. The van der Waals surface area contributed by atoms with Gasteiger partial charge in [0, 0.05) is 37.3 Å². The van der Waals surface area contributed by atoms with Gasteiger partial charge < -0.3 is 19.7 Å². The molecule has 34 heavy (non-hydrogen) atoms. The SMILES string of the molecule is Cc1cnc(N2CC3COCC(C2)C3Oc2ncnc(Nc3ccc(C#N)cc3F)c2F)nc1. The summed E-state index contributed by atoms with van der Waals surface area (Å²) in [7, 11) is 0. The molecular weight excluding hydrogens is 444 g/mol. The molecule has 0 saturated carbocycles. The van der Waals surface area contributed by atoms with E-state index in [0.717, 1.165) is 18.0 Å². The van der Waals surface area contributed by atoms with Gasteiger partial charge in [0.25, 0.3) is 5.88 Å². The molecule has 0 radical (unpaired) electrons. The molecule has 2 bridgehead atoms. The summed E-state index contributed by atoms with van der Waals surface area (Å²) in [6.45, 7) is 4.04. The maximum atomic E-state index is 15.2. The lowest BCUT2D eigenvalue weighted by molar-refractivity contribution is -0.0780. The third-order valence-corrected chi connectivity index (χ3v) is 5.91. The standard InChI is InChI=1S/C23H21F2N7O2/c1-13-6-27-23(28-7-13)32-8-15-10-33-11-16(9-32)20(15)34-22-19(25)21(29-12-30-22)31-18-3-2-14(5-26)4-17(18)24/h2-4,6-7,12,15-16,20H,8-11H2,1H3,(H,29,30,31). The van der Waals surface area contributed by atoms with Gasteiger partial charge in [0.1, 0.15) is 18.2 Å². The Bertz CT molecular complexity index is 1220. The summed E-state index contributed by atoms with van der Waals surface area (Å²) < 4.78 is 41.2. The average Bonchev–Trinajstić information content (AvgIpc) is 2.83. The van der Waals surface area contributed by atoms with Crippen molar-refractivity contribution >= 4 is 17.5 Å². The highest BCUT2D eigenvalue weighted by Gasteiger charge is 2.43. The normalized spacial score (nSPS) is 21.6. The molecule has 2 unspecified atom stereocenters. The number of benzene rings is 1. The number of nitrogens with one attached hydrogen (secondary N) is 1. The van der Waals surface area contributed by atoms with Crippen LogP contribution >= 0.6 is 0 Å². The average molecular weight is 465 g/mol. The van der Waals surface area contributed by atoms with Crippen LogP contribution in [-0.2, 0) is 4.74 Å². The number of hydrogen-bond donors (Lipinski definition) is 1. The first-order chi connectivity index (χ1) is 16.5. The Morgan fingerprint density at radius 1 is 1.12 bits per heavy atom. The Morgan fingerprint density at radius 2 is 1.85 bits per heavy atom. The van der Waals surface area contributed by atoms with Crippen molar-refractivity contribution in [2.24, 2.45) is 11.8 Å². The summed E-state index contributed by atoms with van der Waals surface area (Å²) in [5, 5.41) is 11.5. The monoisotopic (exact) mass is 465 g/mol. The highest BCUT2D eigenvalue weighted by atomic mass is 19.1. The number of ether oxygens (including phenoxy) is 2. The van der Waals surface area contributed by atoms with Gasteiger partial charge in [0.05, 0.1) is 30.5 Å². The van der Waals surface area contributed by atoms with E-state index in [1.807, 2.05) is 13.0 Å². The maximum absolute atomic E-state index is 15.2. The van der Waals surface area contributed by atoms with Crippen molar-refractivity contribution in [1.82, 2.24) is 19.9 Å². The molecule has 174 valence electrons. The largest absolute Gasteiger partial charge is 0.471 e. The first kappa shape index (κ1) is 21.9. The van der Waals surface area contributed by atoms with Crippen molar-refractivity contribution in [1.29, 1.82) is 5.26 Å². The molecule has 3 aromatic rings. The number of aryl methyl sites for hydroxylation is 1. The molecule has 4 heterocycles. The fourth-order valence-corrected chi connectivity index (χ4v) is 4.27. The van der Waals surface area contributed by atoms with Crippen LogP contribution < -0.4 is 15.0 Å². The molecule has 2 aromatic heterocycles. The number of anilines is 3. The predicted molar refractivity (Wildman–Crippen MR) is 118 cm³/mol. The number of rotatable bonds is 5. The molecule has 2 fully saturated rings. The number of piperidine rings is 1. The third-order valence-electron chi connectivity index (χ3n) is 5.91. The van der Waals surface area contributed by atoms with Gasteiger partial charge in [-0.15, -0.1) is 0 Å². The Hall–Kier alpha value is -3.91. The van der Waals surface area contributed by atoms with Gasteiger partial charge in [-0.3, -0.25) is 0 Å². The van der Waals surface area contributed by atoms with E-state index >= 15 is 4.39 Å². The maximum Gasteiger partial charge on any atom is 0.256 e. The quantitative estimate of drug-likeness (QED) is 0.608. The molecule has 5 rings (SSSR count). The Labute approximate surface area is 194 Å². The Kier molecular flexibility index (Phi) is 5.90. The number of halogens is 2. The molecule has 0 spiro atoms. The van der Waals surface area contributed by atoms with Crippen LogP contribution in [0.3, 0.4) is 0 Å². The number of nitrogens with zero attached hydrogens (tertiary/aromatic N) is 6. The topological polar surface area (TPSA) is 109 Å². The van der Waals surface area contributed by atoms with E-state index in [1.54, 1.807) is 12.4 Å². The molecule has 0 amide bonds. The number of fused-ring (bicyclic) bond motifs is 2. The van der Waals surface area contributed by atoms with Crippen LogP contribution in [0, 0.1) is 41.7 Å². The van der Waals surface area contributed by atoms with Crippen LogP contribution in [0.5, 0.6) is 5.88 Å².